The fourth-order valence-corrected chi connectivity index (χ4v) is 0.190. The highest BCUT2D eigenvalue weighted by Crippen LogP contribution is 1.83. The van der Waals surface area contributed by atoms with Crippen LogP contribution in [0.3, 0.4) is 0 Å². The summed E-state index contributed by atoms with van der Waals surface area (Å²) in [7, 11) is 0. The van der Waals surface area contributed by atoms with Crippen LogP contribution < -0.4 is 0 Å². The van der Waals surface area contributed by atoms with Crippen molar-refractivity contribution in [1.82, 2.24) is 0 Å². The lowest BCUT2D eigenvalue weighted by Crippen LogP contribution is -2.05. The third-order valence-corrected chi connectivity index (χ3v) is 0.435. The summed E-state index contributed by atoms with van der Waals surface area (Å²) in [5.41, 5.74) is 0. The van der Waals surface area contributed by atoms with Crippen LogP contribution in [0.25, 0.3) is 0 Å². The zero-order valence-corrected chi connectivity index (χ0v) is 5.17. The van der Waals surface area contributed by atoms with Crippen LogP contribution in [0.2, 0.25) is 0 Å². The maximum Gasteiger partial charge on any atom is 0.112 e. The first-order chi connectivity index (χ1) is 5.41. The lowest BCUT2D eigenvalue weighted by molar-refractivity contribution is -0.704. The second kappa shape index (κ2) is 9.64. The van der Waals surface area contributed by atoms with Crippen molar-refractivity contribution in [2.45, 2.75) is 0 Å². The van der Waals surface area contributed by atoms with Crippen LogP contribution in [0.5, 0.6) is 0 Å². The van der Waals surface area contributed by atoms with Crippen molar-refractivity contribution in [3.05, 3.63) is 0 Å². The first kappa shape index (κ1) is 10.6. The summed E-state index contributed by atoms with van der Waals surface area (Å²) in [5.74, 6) is 0. The summed E-state index contributed by atoms with van der Waals surface area (Å²) in [6.45, 7) is -0.206. The molecule has 0 radical (unpaired) electrons. The minimum atomic E-state index is -0.104. The Kier molecular flexibility index (Phi) is 9.32. The lowest BCUT2D eigenvalue weighted by Gasteiger charge is -1.97. The summed E-state index contributed by atoms with van der Waals surface area (Å²) < 4.78 is 0. The van der Waals surface area contributed by atoms with Gasteiger partial charge in [0.05, 0.1) is 0 Å². The van der Waals surface area contributed by atoms with Gasteiger partial charge in [-0.15, -0.1) is 0 Å². The third kappa shape index (κ3) is 9.64. The van der Waals surface area contributed by atoms with E-state index in [0.717, 1.165) is 0 Å². The van der Waals surface area contributed by atoms with Gasteiger partial charge in [-0.2, -0.15) is 0 Å². The SMILES string of the molecule is OOOOCCOOOOO. The van der Waals surface area contributed by atoms with Crippen LogP contribution in [-0.4, -0.2) is 23.7 Å². The van der Waals surface area contributed by atoms with Gasteiger partial charge < -0.3 is 0 Å². The maximum atomic E-state index is 7.51. The predicted octanol–water partition coefficient (Wildman–Crippen LogP) is -0.376. The lowest BCUT2D eigenvalue weighted by atomic mass is 10.8. The van der Waals surface area contributed by atoms with E-state index in [1.807, 2.05) is 0 Å². The first-order valence-electron chi connectivity index (χ1n) is 2.28. The van der Waals surface area contributed by atoms with Crippen LogP contribution in [-0.2, 0) is 35.0 Å². The molecule has 68 valence electrons. The average Bonchev–Trinajstić information content (AvgIpc) is 2.03. The van der Waals surface area contributed by atoms with Gasteiger partial charge in [0, 0.05) is 0 Å². The Labute approximate surface area is 60.0 Å². The summed E-state index contributed by atoms with van der Waals surface area (Å²) in [6, 6.07) is 0. The molecule has 0 aromatic rings. The third-order valence-electron chi connectivity index (χ3n) is 0.435. The molecule has 0 aliphatic rings. The molecule has 9 heteroatoms. The Morgan fingerprint density at radius 3 is 1.82 bits per heavy atom. The molecular formula is C2H6O9. The van der Waals surface area contributed by atoms with Gasteiger partial charge in [-0.25, -0.2) is 20.3 Å². The fourth-order valence-electron chi connectivity index (χ4n) is 0.190. The molecule has 0 saturated heterocycles. The predicted molar refractivity (Wildman–Crippen MR) is 22.6 cm³/mol. The average molecular weight is 174 g/mol. The monoisotopic (exact) mass is 174 g/mol. The highest BCUT2D eigenvalue weighted by Gasteiger charge is 1.91. The van der Waals surface area contributed by atoms with Crippen molar-refractivity contribution >= 4 is 0 Å². The Bertz CT molecular complexity index is 56.6. The summed E-state index contributed by atoms with van der Waals surface area (Å²) in [6.07, 6.45) is 0. The van der Waals surface area contributed by atoms with Crippen LogP contribution in [0, 0.1) is 0 Å². The molecule has 9 nitrogen and oxygen atoms in total. The van der Waals surface area contributed by atoms with Gasteiger partial charge in [0.1, 0.15) is 13.2 Å². The molecule has 2 N–H and O–H groups in total. The molecule has 0 aromatic heterocycles. The van der Waals surface area contributed by atoms with Gasteiger partial charge in [-0.1, -0.05) is 0 Å². The van der Waals surface area contributed by atoms with E-state index in [-0.39, 0.29) is 13.2 Å². The largest absolute Gasteiger partial charge is 0.219 e. The van der Waals surface area contributed by atoms with E-state index in [1.54, 1.807) is 0 Å². The molecule has 0 amide bonds. The van der Waals surface area contributed by atoms with E-state index in [9.17, 15) is 0 Å². The van der Waals surface area contributed by atoms with Gasteiger partial charge in [0.15, 0.2) is 0 Å². The van der Waals surface area contributed by atoms with Crippen molar-refractivity contribution in [3.63, 3.8) is 0 Å². The Morgan fingerprint density at radius 1 is 0.727 bits per heavy atom. The maximum absolute atomic E-state index is 7.51. The standard InChI is InChI=1S/C2H6O9/c3-7-9-5-1-2-6-10-11-8-4/h3-4H,1-2H2. The molecule has 0 fully saturated rings. The molecule has 0 saturated carbocycles. The Balaban J connectivity index is 2.69. The Hall–Kier alpha value is -0.360. The summed E-state index contributed by atoms with van der Waals surface area (Å²) in [4.78, 5) is 8.10. The van der Waals surface area contributed by atoms with Crippen molar-refractivity contribution < 1.29 is 45.5 Å². The fraction of sp³-hybridized carbons (Fsp3) is 1.00. The second-order valence-electron chi connectivity index (χ2n) is 0.997. The van der Waals surface area contributed by atoms with E-state index < -0.39 is 0 Å². The van der Waals surface area contributed by atoms with Gasteiger partial charge in [-0.3, -0.25) is 0 Å². The molecule has 0 aromatic carbocycles. The highest BCUT2D eigenvalue weighted by atomic mass is 17.8. The van der Waals surface area contributed by atoms with E-state index in [2.05, 4.69) is 35.0 Å². The molecule has 0 bridgehead atoms. The van der Waals surface area contributed by atoms with Gasteiger partial charge >= 0.3 is 0 Å². The van der Waals surface area contributed by atoms with E-state index in [4.69, 9.17) is 10.5 Å². The number of hydrogen-bond donors (Lipinski definition) is 2. The van der Waals surface area contributed by atoms with Gasteiger partial charge in [0.25, 0.3) is 0 Å². The van der Waals surface area contributed by atoms with Crippen molar-refractivity contribution in [2.24, 2.45) is 0 Å². The van der Waals surface area contributed by atoms with Gasteiger partial charge in [-0.05, 0) is 25.2 Å². The van der Waals surface area contributed by atoms with Crippen molar-refractivity contribution in [1.29, 1.82) is 0 Å². The van der Waals surface area contributed by atoms with Crippen LogP contribution >= 0.6 is 0 Å². The summed E-state index contributed by atoms with van der Waals surface area (Å²) >= 11 is 0. The van der Waals surface area contributed by atoms with Crippen LogP contribution in [0.1, 0.15) is 0 Å². The zero-order valence-electron chi connectivity index (χ0n) is 5.17. The topological polar surface area (TPSA) is 105 Å². The van der Waals surface area contributed by atoms with Crippen molar-refractivity contribution in [2.75, 3.05) is 13.2 Å². The number of rotatable bonds is 8. The molecule has 0 aliphatic heterocycles. The Morgan fingerprint density at radius 2 is 1.27 bits per heavy atom. The van der Waals surface area contributed by atoms with Crippen molar-refractivity contribution in [3.8, 4) is 0 Å². The zero-order chi connectivity index (χ0) is 8.36. The molecule has 0 spiro atoms. The molecule has 11 heavy (non-hydrogen) atoms. The highest BCUT2D eigenvalue weighted by molar-refractivity contribution is 4.13. The smallest absolute Gasteiger partial charge is 0.112 e. The van der Waals surface area contributed by atoms with E-state index in [0.29, 0.717) is 0 Å². The molecule has 0 atom stereocenters. The normalized spacial score (nSPS) is 10.4. The molecule has 0 heterocycles. The first-order valence-corrected chi connectivity index (χ1v) is 2.28. The van der Waals surface area contributed by atoms with E-state index >= 15 is 0 Å². The quantitative estimate of drug-likeness (QED) is 0.289. The minimum Gasteiger partial charge on any atom is -0.219 e. The van der Waals surface area contributed by atoms with E-state index in [1.165, 1.54) is 0 Å². The molecule has 0 aliphatic carbocycles. The van der Waals surface area contributed by atoms with Crippen LogP contribution in [0.4, 0.5) is 0 Å². The molecule has 0 rings (SSSR count). The van der Waals surface area contributed by atoms with Crippen LogP contribution in [0.15, 0.2) is 0 Å². The van der Waals surface area contributed by atoms with Gasteiger partial charge in [0.2, 0.25) is 0 Å². The second-order valence-corrected chi connectivity index (χ2v) is 0.997. The molecular weight excluding hydrogens is 168 g/mol. The summed E-state index contributed by atoms with van der Waals surface area (Å²) in [5, 5.41) is 31.6. The number of hydrogen-bond acceptors (Lipinski definition) is 9. The molecule has 0 unspecified atom stereocenters. The minimum absolute atomic E-state index is 0.102.